The molecule has 1 aromatic carbocycles. The highest BCUT2D eigenvalue weighted by atomic mass is 16.3. The van der Waals surface area contributed by atoms with Crippen molar-refractivity contribution in [3.05, 3.63) is 35.4 Å². The van der Waals surface area contributed by atoms with Crippen molar-refractivity contribution in [3.63, 3.8) is 0 Å². The molecule has 1 unspecified atom stereocenters. The third-order valence-corrected chi connectivity index (χ3v) is 3.89. The second kappa shape index (κ2) is 6.37. The maximum absolute atomic E-state index is 11.8. The SMILES string of the molecule is CC(C)NC(=O)CNC1(CO)CCCc2ccccc21. The Morgan fingerprint density at radius 3 is 2.85 bits per heavy atom. The first-order chi connectivity index (χ1) is 9.57. The van der Waals surface area contributed by atoms with Gasteiger partial charge in [-0.1, -0.05) is 24.3 Å². The van der Waals surface area contributed by atoms with E-state index in [1.807, 2.05) is 26.0 Å². The van der Waals surface area contributed by atoms with Gasteiger partial charge in [-0.3, -0.25) is 10.1 Å². The number of aliphatic hydroxyl groups excluding tert-OH is 1. The Hall–Kier alpha value is -1.39. The minimum atomic E-state index is -0.483. The quantitative estimate of drug-likeness (QED) is 0.760. The Kier molecular flexibility index (Phi) is 4.78. The van der Waals surface area contributed by atoms with Crippen LogP contribution in [0.15, 0.2) is 24.3 Å². The topological polar surface area (TPSA) is 61.4 Å². The number of hydrogen-bond acceptors (Lipinski definition) is 3. The number of aryl methyl sites for hydroxylation is 1. The number of carbonyl (C=O) groups is 1. The molecule has 1 aromatic rings. The van der Waals surface area contributed by atoms with E-state index in [9.17, 15) is 9.90 Å². The molecule has 0 aromatic heterocycles. The molecule has 4 heteroatoms. The zero-order valence-electron chi connectivity index (χ0n) is 12.3. The normalized spacial score (nSPS) is 21.6. The molecule has 20 heavy (non-hydrogen) atoms. The summed E-state index contributed by atoms with van der Waals surface area (Å²) in [5, 5.41) is 16.0. The monoisotopic (exact) mass is 276 g/mol. The first kappa shape index (κ1) is 15.0. The van der Waals surface area contributed by atoms with Gasteiger partial charge in [-0.2, -0.15) is 0 Å². The number of amides is 1. The smallest absolute Gasteiger partial charge is 0.234 e. The van der Waals surface area contributed by atoms with E-state index < -0.39 is 5.54 Å². The summed E-state index contributed by atoms with van der Waals surface area (Å²) < 4.78 is 0. The summed E-state index contributed by atoms with van der Waals surface area (Å²) in [6.07, 6.45) is 2.92. The fraction of sp³-hybridized carbons (Fsp3) is 0.562. The summed E-state index contributed by atoms with van der Waals surface area (Å²) in [7, 11) is 0. The molecule has 0 heterocycles. The molecule has 110 valence electrons. The van der Waals surface area contributed by atoms with E-state index in [0.29, 0.717) is 0 Å². The second-order valence-electron chi connectivity index (χ2n) is 5.83. The van der Waals surface area contributed by atoms with Crippen molar-refractivity contribution < 1.29 is 9.90 Å². The largest absolute Gasteiger partial charge is 0.394 e. The van der Waals surface area contributed by atoms with Crippen LogP contribution in [0.4, 0.5) is 0 Å². The number of benzene rings is 1. The fourth-order valence-electron chi connectivity index (χ4n) is 2.95. The van der Waals surface area contributed by atoms with Crippen molar-refractivity contribution in [2.75, 3.05) is 13.2 Å². The average Bonchev–Trinajstić information content (AvgIpc) is 2.44. The lowest BCUT2D eigenvalue weighted by molar-refractivity contribution is -0.121. The van der Waals surface area contributed by atoms with Gasteiger partial charge in [-0.15, -0.1) is 0 Å². The zero-order valence-corrected chi connectivity index (χ0v) is 12.3. The van der Waals surface area contributed by atoms with E-state index in [0.717, 1.165) is 24.8 Å². The highest BCUT2D eigenvalue weighted by molar-refractivity contribution is 5.78. The van der Waals surface area contributed by atoms with Gasteiger partial charge in [0.05, 0.1) is 18.7 Å². The van der Waals surface area contributed by atoms with Crippen molar-refractivity contribution in [2.45, 2.75) is 44.7 Å². The van der Waals surface area contributed by atoms with E-state index >= 15 is 0 Å². The van der Waals surface area contributed by atoms with E-state index in [1.165, 1.54) is 5.56 Å². The van der Waals surface area contributed by atoms with E-state index in [2.05, 4.69) is 22.8 Å². The van der Waals surface area contributed by atoms with E-state index in [1.54, 1.807) is 0 Å². The predicted molar refractivity (Wildman–Crippen MR) is 79.4 cm³/mol. The van der Waals surface area contributed by atoms with Crippen LogP contribution in [-0.4, -0.2) is 30.2 Å². The lowest BCUT2D eigenvalue weighted by Gasteiger charge is -2.38. The predicted octanol–water partition coefficient (Wildman–Crippen LogP) is 1.32. The molecule has 0 radical (unpaired) electrons. The van der Waals surface area contributed by atoms with Crippen LogP contribution < -0.4 is 10.6 Å². The van der Waals surface area contributed by atoms with Crippen molar-refractivity contribution in [2.24, 2.45) is 0 Å². The minimum Gasteiger partial charge on any atom is -0.394 e. The Bertz CT molecular complexity index is 473. The van der Waals surface area contributed by atoms with E-state index in [-0.39, 0.29) is 25.1 Å². The number of hydrogen-bond donors (Lipinski definition) is 3. The molecule has 3 N–H and O–H groups in total. The Labute approximate surface area is 120 Å². The van der Waals surface area contributed by atoms with Crippen LogP contribution in [-0.2, 0) is 16.8 Å². The van der Waals surface area contributed by atoms with Crippen molar-refractivity contribution in [1.29, 1.82) is 0 Å². The van der Waals surface area contributed by atoms with Crippen molar-refractivity contribution in [3.8, 4) is 0 Å². The summed E-state index contributed by atoms with van der Waals surface area (Å²) in [5.41, 5.74) is 1.92. The van der Waals surface area contributed by atoms with Gasteiger partial charge >= 0.3 is 0 Å². The Morgan fingerprint density at radius 1 is 1.40 bits per heavy atom. The third kappa shape index (κ3) is 3.19. The summed E-state index contributed by atoms with van der Waals surface area (Å²) in [5.74, 6) is -0.0316. The molecule has 0 saturated heterocycles. The van der Waals surface area contributed by atoms with Gasteiger partial charge in [0.15, 0.2) is 0 Å². The second-order valence-corrected chi connectivity index (χ2v) is 5.83. The lowest BCUT2D eigenvalue weighted by atomic mass is 9.77. The summed E-state index contributed by atoms with van der Waals surface area (Å²) >= 11 is 0. The van der Waals surface area contributed by atoms with Gasteiger partial charge in [0, 0.05) is 6.04 Å². The number of fused-ring (bicyclic) bond motifs is 1. The number of aliphatic hydroxyl groups is 1. The molecule has 0 bridgehead atoms. The van der Waals surface area contributed by atoms with Gasteiger partial charge < -0.3 is 10.4 Å². The highest BCUT2D eigenvalue weighted by Crippen LogP contribution is 2.34. The molecule has 1 atom stereocenters. The summed E-state index contributed by atoms with van der Waals surface area (Å²) in [6, 6.07) is 8.31. The van der Waals surface area contributed by atoms with Crippen LogP contribution in [0.1, 0.15) is 37.8 Å². The maximum atomic E-state index is 11.8. The standard InChI is InChI=1S/C16H24N2O2/c1-12(2)18-15(20)10-17-16(11-19)9-5-7-13-6-3-4-8-14(13)16/h3-4,6,8,12,17,19H,5,7,9-11H2,1-2H3,(H,18,20). The Morgan fingerprint density at radius 2 is 2.15 bits per heavy atom. The maximum Gasteiger partial charge on any atom is 0.234 e. The summed E-state index contributed by atoms with van der Waals surface area (Å²) in [6.45, 7) is 4.12. The molecule has 0 fully saturated rings. The summed E-state index contributed by atoms with van der Waals surface area (Å²) in [4.78, 5) is 11.8. The van der Waals surface area contributed by atoms with Gasteiger partial charge in [0.25, 0.3) is 0 Å². The van der Waals surface area contributed by atoms with Gasteiger partial charge in [-0.25, -0.2) is 0 Å². The molecule has 0 aliphatic heterocycles. The van der Waals surface area contributed by atoms with Crippen LogP contribution >= 0.6 is 0 Å². The van der Waals surface area contributed by atoms with Crippen LogP contribution in [0.5, 0.6) is 0 Å². The highest BCUT2D eigenvalue weighted by Gasteiger charge is 2.35. The molecule has 1 aliphatic rings. The molecule has 4 nitrogen and oxygen atoms in total. The lowest BCUT2D eigenvalue weighted by Crippen LogP contribution is -2.51. The molecule has 1 amide bonds. The Balaban J connectivity index is 2.13. The molecule has 1 aliphatic carbocycles. The van der Waals surface area contributed by atoms with Gasteiger partial charge in [-0.05, 0) is 44.2 Å². The zero-order chi connectivity index (χ0) is 14.6. The molecule has 0 saturated carbocycles. The van der Waals surface area contributed by atoms with Crippen molar-refractivity contribution >= 4 is 5.91 Å². The van der Waals surface area contributed by atoms with Crippen LogP contribution in [0, 0.1) is 0 Å². The number of nitrogens with one attached hydrogen (secondary N) is 2. The van der Waals surface area contributed by atoms with Crippen LogP contribution in [0.3, 0.4) is 0 Å². The first-order valence-corrected chi connectivity index (χ1v) is 7.31. The number of carbonyl (C=O) groups excluding carboxylic acids is 1. The molecular weight excluding hydrogens is 252 g/mol. The minimum absolute atomic E-state index is 0.0129. The molecular formula is C16H24N2O2. The third-order valence-electron chi connectivity index (χ3n) is 3.89. The first-order valence-electron chi connectivity index (χ1n) is 7.31. The van der Waals surface area contributed by atoms with Crippen LogP contribution in [0.2, 0.25) is 0 Å². The average molecular weight is 276 g/mol. The molecule has 0 spiro atoms. The van der Waals surface area contributed by atoms with Gasteiger partial charge in [0.2, 0.25) is 5.91 Å². The number of rotatable bonds is 5. The fourth-order valence-corrected chi connectivity index (χ4v) is 2.95. The van der Waals surface area contributed by atoms with Gasteiger partial charge in [0.1, 0.15) is 0 Å². The molecule has 2 rings (SSSR count). The van der Waals surface area contributed by atoms with E-state index in [4.69, 9.17) is 0 Å². The van der Waals surface area contributed by atoms with Crippen LogP contribution in [0.25, 0.3) is 0 Å². The van der Waals surface area contributed by atoms with Crippen molar-refractivity contribution in [1.82, 2.24) is 10.6 Å².